The summed E-state index contributed by atoms with van der Waals surface area (Å²) in [6.07, 6.45) is 0.809. The van der Waals surface area contributed by atoms with Crippen LogP contribution in [0.2, 0.25) is 0 Å². The Morgan fingerprint density at radius 3 is 3.00 bits per heavy atom. The van der Waals surface area contributed by atoms with E-state index in [4.69, 9.17) is 14.9 Å². The van der Waals surface area contributed by atoms with Gasteiger partial charge in [-0.15, -0.1) is 0 Å². The normalized spacial score (nSPS) is 13.0. The van der Waals surface area contributed by atoms with Crippen LogP contribution in [0.4, 0.5) is 0 Å². The molecule has 0 aliphatic carbocycles. The Hall–Kier alpha value is -1.55. The van der Waals surface area contributed by atoms with Crippen molar-refractivity contribution in [3.8, 4) is 5.75 Å². The lowest BCUT2D eigenvalue weighted by Gasteiger charge is -2.00. The van der Waals surface area contributed by atoms with Crippen molar-refractivity contribution in [2.45, 2.75) is 19.4 Å². The minimum absolute atomic E-state index is 0.136. The highest BCUT2D eigenvalue weighted by Crippen LogP contribution is 2.24. The van der Waals surface area contributed by atoms with Crippen molar-refractivity contribution in [1.29, 1.82) is 0 Å². The van der Waals surface area contributed by atoms with Crippen LogP contribution in [0.3, 0.4) is 0 Å². The highest BCUT2D eigenvalue weighted by atomic mass is 16.5. The van der Waals surface area contributed by atoms with Gasteiger partial charge in [0.05, 0.1) is 13.2 Å². The minimum atomic E-state index is -0.136. The van der Waals surface area contributed by atoms with E-state index in [1.165, 1.54) is 0 Å². The molecule has 1 aromatic heterocycles. The topological polar surface area (TPSA) is 61.3 Å². The Labute approximate surface area is 88.0 Å². The first-order valence-electron chi connectivity index (χ1n) is 4.94. The quantitative estimate of drug-likeness (QED) is 0.836. The van der Waals surface area contributed by atoms with Gasteiger partial charge in [-0.05, 0) is 18.6 Å². The van der Waals surface area contributed by atoms with E-state index in [1.54, 1.807) is 7.11 Å². The first-order valence-corrected chi connectivity index (χ1v) is 4.94. The zero-order chi connectivity index (χ0) is 10.8. The third kappa shape index (κ3) is 1.80. The molecule has 0 saturated carbocycles. The number of aromatic nitrogens is 1. The van der Waals surface area contributed by atoms with Gasteiger partial charge >= 0.3 is 0 Å². The lowest BCUT2D eigenvalue weighted by molar-refractivity contribution is 0.413. The van der Waals surface area contributed by atoms with Crippen molar-refractivity contribution in [2.24, 2.45) is 5.73 Å². The molecule has 0 bridgehead atoms. The van der Waals surface area contributed by atoms with Gasteiger partial charge in [0, 0.05) is 6.07 Å². The van der Waals surface area contributed by atoms with Crippen LogP contribution in [0.1, 0.15) is 25.3 Å². The van der Waals surface area contributed by atoms with E-state index in [9.17, 15) is 0 Å². The zero-order valence-electron chi connectivity index (χ0n) is 8.86. The molecule has 2 N–H and O–H groups in total. The van der Waals surface area contributed by atoms with E-state index in [1.807, 2.05) is 25.1 Å². The average molecular weight is 206 g/mol. The molecular formula is C11H14N2O2. The summed E-state index contributed by atoms with van der Waals surface area (Å²) in [6, 6.07) is 5.40. The molecule has 4 nitrogen and oxygen atoms in total. The Morgan fingerprint density at radius 1 is 1.53 bits per heavy atom. The van der Waals surface area contributed by atoms with Gasteiger partial charge in [0.2, 0.25) is 5.89 Å². The number of nitrogens with two attached hydrogens (primary N) is 1. The third-order valence-electron chi connectivity index (χ3n) is 2.37. The van der Waals surface area contributed by atoms with Crippen molar-refractivity contribution in [2.75, 3.05) is 7.11 Å². The summed E-state index contributed by atoms with van der Waals surface area (Å²) in [6.45, 7) is 2.00. The lowest BCUT2D eigenvalue weighted by atomic mass is 10.2. The standard InChI is InChI=1S/C11H14N2O2/c1-3-8(12)11-13-9-5-4-7(14-2)6-10(9)15-11/h4-6,8H,3,12H2,1-2H3. The van der Waals surface area contributed by atoms with Gasteiger partial charge < -0.3 is 14.9 Å². The molecule has 4 heteroatoms. The third-order valence-corrected chi connectivity index (χ3v) is 2.37. The lowest BCUT2D eigenvalue weighted by Crippen LogP contribution is -2.08. The highest BCUT2D eigenvalue weighted by molar-refractivity contribution is 5.74. The van der Waals surface area contributed by atoms with E-state index >= 15 is 0 Å². The smallest absolute Gasteiger partial charge is 0.212 e. The SMILES string of the molecule is CCC(N)c1nc2ccc(OC)cc2o1. The molecule has 80 valence electrons. The minimum Gasteiger partial charge on any atom is -0.497 e. The molecule has 0 fully saturated rings. The summed E-state index contributed by atoms with van der Waals surface area (Å²) >= 11 is 0. The largest absolute Gasteiger partial charge is 0.497 e. The maximum absolute atomic E-state index is 5.84. The van der Waals surface area contributed by atoms with Crippen LogP contribution in [-0.4, -0.2) is 12.1 Å². The molecule has 0 aliphatic heterocycles. The molecule has 0 radical (unpaired) electrons. The number of methoxy groups -OCH3 is 1. The summed E-state index contributed by atoms with van der Waals surface area (Å²) in [7, 11) is 1.62. The number of fused-ring (bicyclic) bond motifs is 1. The van der Waals surface area contributed by atoms with Gasteiger partial charge in [-0.3, -0.25) is 0 Å². The van der Waals surface area contributed by atoms with E-state index in [-0.39, 0.29) is 6.04 Å². The van der Waals surface area contributed by atoms with Crippen LogP contribution in [0, 0.1) is 0 Å². The zero-order valence-corrected chi connectivity index (χ0v) is 8.86. The van der Waals surface area contributed by atoms with Crippen LogP contribution in [0.25, 0.3) is 11.1 Å². The van der Waals surface area contributed by atoms with Gasteiger partial charge in [-0.25, -0.2) is 4.98 Å². The van der Waals surface area contributed by atoms with Gasteiger partial charge in [0.25, 0.3) is 0 Å². The fraction of sp³-hybridized carbons (Fsp3) is 0.364. The highest BCUT2D eigenvalue weighted by Gasteiger charge is 2.12. The number of nitrogens with zero attached hydrogens (tertiary/aromatic N) is 1. The van der Waals surface area contributed by atoms with Crippen molar-refractivity contribution >= 4 is 11.1 Å². The fourth-order valence-corrected chi connectivity index (χ4v) is 1.38. The van der Waals surface area contributed by atoms with Crippen LogP contribution in [-0.2, 0) is 0 Å². The van der Waals surface area contributed by atoms with Crippen LogP contribution >= 0.6 is 0 Å². The van der Waals surface area contributed by atoms with E-state index < -0.39 is 0 Å². The summed E-state index contributed by atoms with van der Waals surface area (Å²) < 4.78 is 10.6. The molecule has 2 rings (SSSR count). The number of oxazole rings is 1. The molecule has 0 saturated heterocycles. The van der Waals surface area contributed by atoms with E-state index in [0.29, 0.717) is 11.5 Å². The van der Waals surface area contributed by atoms with Crippen LogP contribution in [0.5, 0.6) is 5.75 Å². The number of hydrogen-bond donors (Lipinski definition) is 1. The Morgan fingerprint density at radius 2 is 2.33 bits per heavy atom. The second-order valence-electron chi connectivity index (χ2n) is 3.40. The van der Waals surface area contributed by atoms with Crippen molar-refractivity contribution in [1.82, 2.24) is 4.98 Å². The molecule has 1 aromatic carbocycles. The molecule has 1 heterocycles. The number of benzene rings is 1. The average Bonchev–Trinajstić information content (AvgIpc) is 2.70. The van der Waals surface area contributed by atoms with Crippen LogP contribution in [0.15, 0.2) is 22.6 Å². The summed E-state index contributed by atoms with van der Waals surface area (Å²) in [5.41, 5.74) is 7.37. The Kier molecular flexibility index (Phi) is 2.60. The van der Waals surface area contributed by atoms with Gasteiger partial charge in [0.15, 0.2) is 5.58 Å². The Bertz CT molecular complexity index is 465. The number of hydrogen-bond acceptors (Lipinski definition) is 4. The Balaban J connectivity index is 2.46. The molecule has 0 aliphatic rings. The second kappa shape index (κ2) is 3.90. The number of rotatable bonds is 3. The summed E-state index contributed by atoms with van der Waals surface area (Å²) in [5, 5.41) is 0. The molecule has 0 spiro atoms. The van der Waals surface area contributed by atoms with Gasteiger partial charge in [-0.2, -0.15) is 0 Å². The maximum atomic E-state index is 5.84. The summed E-state index contributed by atoms with van der Waals surface area (Å²) in [4.78, 5) is 4.31. The van der Waals surface area contributed by atoms with Crippen molar-refractivity contribution < 1.29 is 9.15 Å². The first-order chi connectivity index (χ1) is 7.24. The van der Waals surface area contributed by atoms with Gasteiger partial charge in [-0.1, -0.05) is 6.92 Å². The first kappa shape index (κ1) is 9.98. The number of ether oxygens (including phenoxy) is 1. The van der Waals surface area contributed by atoms with Gasteiger partial charge in [0.1, 0.15) is 11.3 Å². The van der Waals surface area contributed by atoms with Crippen molar-refractivity contribution in [3.05, 3.63) is 24.1 Å². The van der Waals surface area contributed by atoms with Crippen LogP contribution < -0.4 is 10.5 Å². The molecular weight excluding hydrogens is 192 g/mol. The molecule has 0 amide bonds. The monoisotopic (exact) mass is 206 g/mol. The van der Waals surface area contributed by atoms with E-state index in [0.717, 1.165) is 17.7 Å². The predicted octanol–water partition coefficient (Wildman–Crippen LogP) is 2.25. The summed E-state index contributed by atoms with van der Waals surface area (Å²) in [5.74, 6) is 1.34. The second-order valence-corrected chi connectivity index (χ2v) is 3.40. The molecule has 2 aromatic rings. The maximum Gasteiger partial charge on any atom is 0.212 e. The van der Waals surface area contributed by atoms with E-state index in [2.05, 4.69) is 4.98 Å². The molecule has 1 atom stereocenters. The molecule has 15 heavy (non-hydrogen) atoms. The molecule has 1 unspecified atom stereocenters. The fourth-order valence-electron chi connectivity index (χ4n) is 1.38. The predicted molar refractivity (Wildman–Crippen MR) is 57.8 cm³/mol. The van der Waals surface area contributed by atoms with Crippen molar-refractivity contribution in [3.63, 3.8) is 0 Å².